The van der Waals surface area contributed by atoms with E-state index in [1.807, 2.05) is 38.1 Å². The average Bonchev–Trinajstić information content (AvgIpc) is 2.75. The SMILES string of the molecule is Cc1noc(C)c1COc1ccc(CCC(=O)O)cc1. The molecule has 1 aromatic carbocycles. The zero-order valence-electron chi connectivity index (χ0n) is 11.5. The molecule has 0 saturated heterocycles. The number of carboxylic acid groups (broad SMARTS) is 1. The van der Waals surface area contributed by atoms with E-state index in [-0.39, 0.29) is 6.42 Å². The number of ether oxygens (including phenoxy) is 1. The molecular weight excluding hydrogens is 258 g/mol. The summed E-state index contributed by atoms with van der Waals surface area (Å²) in [6.45, 7) is 4.15. The Labute approximate surface area is 117 Å². The molecule has 1 N–H and O–H groups in total. The quantitative estimate of drug-likeness (QED) is 0.877. The lowest BCUT2D eigenvalue weighted by Gasteiger charge is -2.06. The van der Waals surface area contributed by atoms with E-state index < -0.39 is 5.97 Å². The van der Waals surface area contributed by atoms with Gasteiger partial charge in [0.05, 0.1) is 11.3 Å². The van der Waals surface area contributed by atoms with Crippen LogP contribution in [0, 0.1) is 13.8 Å². The second-order valence-electron chi connectivity index (χ2n) is 4.63. The fourth-order valence-electron chi connectivity index (χ4n) is 1.87. The lowest BCUT2D eigenvalue weighted by Crippen LogP contribution is -1.99. The van der Waals surface area contributed by atoms with E-state index in [4.69, 9.17) is 14.4 Å². The third kappa shape index (κ3) is 3.60. The van der Waals surface area contributed by atoms with Gasteiger partial charge in [0, 0.05) is 6.42 Å². The van der Waals surface area contributed by atoms with Gasteiger partial charge in [-0.15, -0.1) is 0 Å². The van der Waals surface area contributed by atoms with Gasteiger partial charge in [-0.2, -0.15) is 0 Å². The summed E-state index contributed by atoms with van der Waals surface area (Å²) in [5.41, 5.74) is 2.78. The highest BCUT2D eigenvalue weighted by Gasteiger charge is 2.09. The van der Waals surface area contributed by atoms with Crippen LogP contribution >= 0.6 is 0 Å². The molecule has 0 spiro atoms. The third-order valence-electron chi connectivity index (χ3n) is 3.12. The van der Waals surface area contributed by atoms with Crippen LogP contribution in [0.25, 0.3) is 0 Å². The minimum Gasteiger partial charge on any atom is -0.489 e. The van der Waals surface area contributed by atoms with Crippen LogP contribution in [-0.4, -0.2) is 16.2 Å². The van der Waals surface area contributed by atoms with Gasteiger partial charge in [0.1, 0.15) is 18.1 Å². The summed E-state index contributed by atoms with van der Waals surface area (Å²) in [7, 11) is 0. The summed E-state index contributed by atoms with van der Waals surface area (Å²) in [5.74, 6) is 0.716. The van der Waals surface area contributed by atoms with E-state index in [0.717, 1.165) is 28.3 Å². The van der Waals surface area contributed by atoms with Gasteiger partial charge in [0.15, 0.2) is 0 Å². The molecule has 0 amide bonds. The summed E-state index contributed by atoms with van der Waals surface area (Å²) >= 11 is 0. The lowest BCUT2D eigenvalue weighted by atomic mass is 10.1. The highest BCUT2D eigenvalue weighted by molar-refractivity contribution is 5.67. The summed E-state index contributed by atoms with van der Waals surface area (Å²) in [6.07, 6.45) is 0.665. The Morgan fingerprint density at radius 3 is 2.55 bits per heavy atom. The molecule has 0 aliphatic heterocycles. The summed E-state index contributed by atoms with van der Waals surface area (Å²) in [4.78, 5) is 10.5. The Hall–Kier alpha value is -2.30. The maximum Gasteiger partial charge on any atom is 0.303 e. The monoisotopic (exact) mass is 275 g/mol. The molecule has 20 heavy (non-hydrogen) atoms. The minimum absolute atomic E-state index is 0.138. The number of nitrogens with zero attached hydrogens (tertiary/aromatic N) is 1. The van der Waals surface area contributed by atoms with Crippen LogP contribution in [0.2, 0.25) is 0 Å². The van der Waals surface area contributed by atoms with Crippen molar-refractivity contribution < 1.29 is 19.2 Å². The number of hydrogen-bond donors (Lipinski definition) is 1. The van der Waals surface area contributed by atoms with Crippen molar-refractivity contribution in [2.45, 2.75) is 33.3 Å². The number of carboxylic acids is 1. The number of rotatable bonds is 6. The Morgan fingerprint density at radius 2 is 2.00 bits per heavy atom. The second-order valence-corrected chi connectivity index (χ2v) is 4.63. The standard InChI is InChI=1S/C15H17NO4/c1-10-14(11(2)20-16-10)9-19-13-6-3-12(4-7-13)5-8-15(17)18/h3-4,6-7H,5,8-9H2,1-2H3,(H,17,18). The zero-order valence-corrected chi connectivity index (χ0v) is 11.5. The van der Waals surface area contributed by atoms with Crippen molar-refractivity contribution in [3.8, 4) is 5.75 Å². The molecule has 1 heterocycles. The predicted octanol–water partition coefficient (Wildman–Crippen LogP) is 2.89. The summed E-state index contributed by atoms with van der Waals surface area (Å²) in [6, 6.07) is 7.45. The first-order valence-corrected chi connectivity index (χ1v) is 6.41. The largest absolute Gasteiger partial charge is 0.489 e. The normalized spacial score (nSPS) is 10.5. The maximum atomic E-state index is 10.5. The topological polar surface area (TPSA) is 72.6 Å². The van der Waals surface area contributed by atoms with Crippen molar-refractivity contribution in [3.05, 3.63) is 46.8 Å². The molecule has 106 valence electrons. The predicted molar refractivity (Wildman–Crippen MR) is 72.7 cm³/mol. The van der Waals surface area contributed by atoms with Crippen molar-refractivity contribution >= 4 is 5.97 Å². The van der Waals surface area contributed by atoms with Gasteiger partial charge in [-0.05, 0) is 38.0 Å². The third-order valence-corrected chi connectivity index (χ3v) is 3.12. The van der Waals surface area contributed by atoms with Gasteiger partial charge in [0.25, 0.3) is 0 Å². The highest BCUT2D eigenvalue weighted by Crippen LogP contribution is 2.18. The van der Waals surface area contributed by atoms with Gasteiger partial charge in [-0.3, -0.25) is 4.79 Å². The molecule has 0 fully saturated rings. The van der Waals surface area contributed by atoms with Gasteiger partial charge in [0.2, 0.25) is 0 Å². The number of benzene rings is 1. The first-order valence-electron chi connectivity index (χ1n) is 6.41. The molecule has 0 saturated carbocycles. The van der Waals surface area contributed by atoms with E-state index in [1.54, 1.807) is 0 Å². The minimum atomic E-state index is -0.788. The van der Waals surface area contributed by atoms with Crippen molar-refractivity contribution in [3.63, 3.8) is 0 Å². The molecule has 0 aliphatic carbocycles. The molecular formula is C15H17NO4. The zero-order chi connectivity index (χ0) is 14.5. The first-order chi connectivity index (χ1) is 9.56. The van der Waals surface area contributed by atoms with E-state index in [2.05, 4.69) is 5.16 Å². The number of aryl methyl sites for hydroxylation is 3. The molecule has 5 heteroatoms. The van der Waals surface area contributed by atoms with Crippen molar-refractivity contribution in [2.75, 3.05) is 0 Å². The Bertz CT molecular complexity index is 567. The van der Waals surface area contributed by atoms with Crippen LogP contribution in [-0.2, 0) is 17.8 Å². The van der Waals surface area contributed by atoms with Crippen LogP contribution < -0.4 is 4.74 Å². The van der Waals surface area contributed by atoms with Crippen LogP contribution in [0.4, 0.5) is 0 Å². The molecule has 0 radical (unpaired) electrons. The molecule has 0 atom stereocenters. The molecule has 0 bridgehead atoms. The molecule has 5 nitrogen and oxygen atoms in total. The van der Waals surface area contributed by atoms with Gasteiger partial charge in [-0.25, -0.2) is 0 Å². The summed E-state index contributed by atoms with van der Waals surface area (Å²) < 4.78 is 10.7. The number of aliphatic carboxylic acids is 1. The number of hydrogen-bond acceptors (Lipinski definition) is 4. The fraction of sp³-hybridized carbons (Fsp3) is 0.333. The lowest BCUT2D eigenvalue weighted by molar-refractivity contribution is -0.136. The maximum absolute atomic E-state index is 10.5. The van der Waals surface area contributed by atoms with Crippen LogP contribution in [0.3, 0.4) is 0 Å². The van der Waals surface area contributed by atoms with Gasteiger partial charge in [-0.1, -0.05) is 17.3 Å². The molecule has 2 aromatic rings. The Balaban J connectivity index is 1.92. The van der Waals surface area contributed by atoms with Crippen LogP contribution in [0.1, 0.15) is 29.0 Å². The molecule has 2 rings (SSSR count). The molecule has 1 aromatic heterocycles. The number of carbonyl (C=O) groups is 1. The van der Waals surface area contributed by atoms with Crippen LogP contribution in [0.15, 0.2) is 28.8 Å². The van der Waals surface area contributed by atoms with Crippen molar-refractivity contribution in [2.24, 2.45) is 0 Å². The van der Waals surface area contributed by atoms with Gasteiger partial charge < -0.3 is 14.4 Å². The summed E-state index contributed by atoms with van der Waals surface area (Å²) in [5, 5.41) is 12.5. The number of aromatic nitrogens is 1. The van der Waals surface area contributed by atoms with Crippen molar-refractivity contribution in [1.29, 1.82) is 0 Å². The van der Waals surface area contributed by atoms with E-state index in [1.165, 1.54) is 0 Å². The smallest absolute Gasteiger partial charge is 0.303 e. The van der Waals surface area contributed by atoms with E-state index in [9.17, 15) is 4.79 Å². The van der Waals surface area contributed by atoms with Crippen molar-refractivity contribution in [1.82, 2.24) is 5.16 Å². The average molecular weight is 275 g/mol. The van der Waals surface area contributed by atoms with E-state index in [0.29, 0.717) is 13.0 Å². The second kappa shape index (κ2) is 6.23. The fourth-order valence-corrected chi connectivity index (χ4v) is 1.87. The van der Waals surface area contributed by atoms with Gasteiger partial charge >= 0.3 is 5.97 Å². The Kier molecular flexibility index (Phi) is 4.40. The molecule has 0 unspecified atom stereocenters. The molecule has 0 aliphatic rings. The highest BCUT2D eigenvalue weighted by atomic mass is 16.5. The van der Waals surface area contributed by atoms with E-state index >= 15 is 0 Å². The Morgan fingerprint density at radius 1 is 1.30 bits per heavy atom. The first kappa shape index (κ1) is 14.1. The van der Waals surface area contributed by atoms with Crippen LogP contribution in [0.5, 0.6) is 5.75 Å².